The summed E-state index contributed by atoms with van der Waals surface area (Å²) in [7, 11) is -3.76. The van der Waals surface area contributed by atoms with Crippen LogP contribution in [0, 0.1) is 0 Å². The van der Waals surface area contributed by atoms with Gasteiger partial charge in [-0.3, -0.25) is 19.4 Å². The standard InChI is InChI=1S/C27H26N6O6S2/c28-41(37,38)19-9-7-17(8-10-19)11-12-29-24(35)16-40-27-32-21-6-2-1-5-20(21)25-31-22(26(36)33(25)27)14-23(34)30-15-18-4-3-13-39-18/h1-10,13,22H,11-12,14-16H2,(H,29,35)(H,30,34)(H2,28,37,38)/t22-/m0/s1. The first-order valence-corrected chi connectivity index (χ1v) is 15.1. The number of rotatable bonds is 10. The number of benzene rings is 2. The van der Waals surface area contributed by atoms with E-state index >= 15 is 0 Å². The fraction of sp³-hybridized carbons (Fsp3) is 0.222. The Morgan fingerprint density at radius 1 is 1.02 bits per heavy atom. The summed E-state index contributed by atoms with van der Waals surface area (Å²) < 4.78 is 28.0. The number of nitrogens with one attached hydrogen (secondary N) is 2. The highest BCUT2D eigenvalue weighted by Gasteiger charge is 2.42. The molecule has 0 saturated carbocycles. The van der Waals surface area contributed by atoms with Gasteiger partial charge in [0, 0.05) is 12.1 Å². The van der Waals surface area contributed by atoms with Gasteiger partial charge in [0.25, 0.3) is 5.91 Å². The zero-order valence-corrected chi connectivity index (χ0v) is 23.3. The first-order valence-electron chi connectivity index (χ1n) is 12.6. The Morgan fingerprint density at radius 2 is 1.80 bits per heavy atom. The van der Waals surface area contributed by atoms with Crippen LogP contribution in [0.2, 0.25) is 0 Å². The van der Waals surface area contributed by atoms with Crippen molar-refractivity contribution in [2.45, 2.75) is 30.3 Å². The van der Waals surface area contributed by atoms with Crippen molar-refractivity contribution in [3.63, 3.8) is 0 Å². The number of furan rings is 1. The fourth-order valence-electron chi connectivity index (χ4n) is 4.25. The van der Waals surface area contributed by atoms with Crippen LogP contribution < -0.4 is 15.8 Å². The van der Waals surface area contributed by atoms with E-state index in [0.717, 1.165) is 17.3 Å². The van der Waals surface area contributed by atoms with Crippen molar-refractivity contribution < 1.29 is 27.2 Å². The molecule has 2 aliphatic heterocycles. The summed E-state index contributed by atoms with van der Waals surface area (Å²) in [6.07, 6.45) is 1.86. The Hall–Kier alpha value is -4.27. The Bertz CT molecular complexity index is 1630. The molecular weight excluding hydrogens is 568 g/mol. The van der Waals surface area contributed by atoms with Crippen LogP contribution in [-0.2, 0) is 37.4 Å². The van der Waals surface area contributed by atoms with Crippen molar-refractivity contribution >= 4 is 56.2 Å². The van der Waals surface area contributed by atoms with Crippen LogP contribution in [0.4, 0.5) is 5.69 Å². The number of amidine groups is 2. The smallest absolute Gasteiger partial charge is 0.259 e. The molecule has 0 bridgehead atoms. The molecule has 3 amide bonds. The number of aliphatic imine (C=N–C) groups is 2. The van der Waals surface area contributed by atoms with Gasteiger partial charge >= 0.3 is 0 Å². The highest BCUT2D eigenvalue weighted by Crippen LogP contribution is 2.34. The summed E-state index contributed by atoms with van der Waals surface area (Å²) in [5.74, 6) is -0.0134. The van der Waals surface area contributed by atoms with E-state index in [9.17, 15) is 22.8 Å². The van der Waals surface area contributed by atoms with Gasteiger partial charge in [-0.1, -0.05) is 36.0 Å². The molecule has 5 rings (SSSR count). The van der Waals surface area contributed by atoms with E-state index in [-0.39, 0.29) is 35.4 Å². The second kappa shape index (κ2) is 12.1. The number of nitrogens with zero attached hydrogens (tertiary/aromatic N) is 3. The van der Waals surface area contributed by atoms with E-state index in [1.165, 1.54) is 23.3 Å². The number of thioether (sulfide) groups is 1. The normalized spacial score (nSPS) is 16.0. The van der Waals surface area contributed by atoms with Gasteiger partial charge in [0.15, 0.2) is 5.17 Å². The second-order valence-corrected chi connectivity index (χ2v) is 11.7. The van der Waals surface area contributed by atoms with Crippen molar-refractivity contribution in [1.29, 1.82) is 0 Å². The maximum atomic E-state index is 13.4. The average Bonchev–Trinajstić information content (AvgIpc) is 3.59. The molecule has 1 atom stereocenters. The predicted molar refractivity (Wildman–Crippen MR) is 153 cm³/mol. The summed E-state index contributed by atoms with van der Waals surface area (Å²) in [5, 5.41) is 11.0. The summed E-state index contributed by atoms with van der Waals surface area (Å²) in [5.41, 5.74) is 2.12. The van der Waals surface area contributed by atoms with Gasteiger partial charge in [0.2, 0.25) is 21.8 Å². The zero-order valence-electron chi connectivity index (χ0n) is 21.6. The van der Waals surface area contributed by atoms with Crippen LogP contribution in [0.1, 0.15) is 23.3 Å². The molecule has 2 aromatic carbocycles. The van der Waals surface area contributed by atoms with E-state index in [2.05, 4.69) is 20.6 Å². The molecule has 2 aliphatic rings. The Balaban J connectivity index is 1.19. The van der Waals surface area contributed by atoms with Crippen LogP contribution in [-0.4, -0.2) is 60.4 Å². The minimum atomic E-state index is -3.76. The second-order valence-electron chi connectivity index (χ2n) is 9.19. The lowest BCUT2D eigenvalue weighted by atomic mass is 10.1. The number of primary sulfonamides is 1. The molecule has 14 heteroatoms. The molecule has 0 unspecified atom stereocenters. The van der Waals surface area contributed by atoms with Crippen molar-refractivity contribution in [1.82, 2.24) is 15.5 Å². The minimum Gasteiger partial charge on any atom is -0.467 e. The van der Waals surface area contributed by atoms with Crippen molar-refractivity contribution in [3.8, 4) is 0 Å². The van der Waals surface area contributed by atoms with Crippen LogP contribution in [0.15, 0.2) is 86.2 Å². The Labute approximate surface area is 240 Å². The molecule has 0 fully saturated rings. The number of hydrogen-bond donors (Lipinski definition) is 3. The third-order valence-electron chi connectivity index (χ3n) is 6.29. The number of amides is 3. The van der Waals surface area contributed by atoms with Gasteiger partial charge in [-0.2, -0.15) is 0 Å². The van der Waals surface area contributed by atoms with Gasteiger partial charge in [-0.25, -0.2) is 23.4 Å². The van der Waals surface area contributed by atoms with E-state index in [1.807, 2.05) is 12.1 Å². The number of hydrogen-bond acceptors (Lipinski definition) is 9. The van der Waals surface area contributed by atoms with Gasteiger partial charge in [0.1, 0.15) is 17.6 Å². The molecule has 0 saturated heterocycles. The summed E-state index contributed by atoms with van der Waals surface area (Å²) in [4.78, 5) is 49.0. The Morgan fingerprint density at radius 3 is 2.54 bits per heavy atom. The Kier molecular flexibility index (Phi) is 8.33. The van der Waals surface area contributed by atoms with E-state index in [4.69, 9.17) is 9.56 Å². The lowest BCUT2D eigenvalue weighted by Crippen LogP contribution is -2.42. The van der Waals surface area contributed by atoms with Crippen LogP contribution in [0.5, 0.6) is 0 Å². The van der Waals surface area contributed by atoms with E-state index in [1.54, 1.807) is 36.4 Å². The average molecular weight is 595 g/mol. The lowest BCUT2D eigenvalue weighted by molar-refractivity contribution is -0.128. The SMILES string of the molecule is NS(=O)(=O)c1ccc(CCNC(=O)CSC2=Nc3ccccc3C3=N[C@@H](CC(=O)NCc4ccco4)C(=O)N23)cc1. The number of para-hydroxylation sites is 1. The molecule has 0 aliphatic carbocycles. The molecule has 3 heterocycles. The minimum absolute atomic E-state index is 0.00326. The number of fused-ring (bicyclic) bond motifs is 3. The van der Waals surface area contributed by atoms with Crippen LogP contribution >= 0.6 is 11.8 Å². The lowest BCUT2D eigenvalue weighted by Gasteiger charge is -2.25. The monoisotopic (exact) mass is 594 g/mol. The molecule has 12 nitrogen and oxygen atoms in total. The molecule has 4 N–H and O–H groups in total. The highest BCUT2D eigenvalue weighted by molar-refractivity contribution is 8.14. The van der Waals surface area contributed by atoms with Gasteiger partial charge in [-0.15, -0.1) is 0 Å². The fourth-order valence-corrected chi connectivity index (χ4v) is 5.60. The maximum absolute atomic E-state index is 13.4. The van der Waals surface area contributed by atoms with Crippen molar-refractivity contribution in [2.75, 3.05) is 12.3 Å². The van der Waals surface area contributed by atoms with Crippen molar-refractivity contribution in [3.05, 3.63) is 83.8 Å². The van der Waals surface area contributed by atoms with Gasteiger partial charge in [0.05, 0.1) is 35.6 Å². The predicted octanol–water partition coefficient (Wildman–Crippen LogP) is 1.68. The van der Waals surface area contributed by atoms with E-state index in [0.29, 0.717) is 41.0 Å². The molecular formula is C27H26N6O6S2. The molecule has 212 valence electrons. The topological polar surface area (TPSA) is 177 Å². The first-order chi connectivity index (χ1) is 19.7. The number of sulfonamides is 1. The summed E-state index contributed by atoms with van der Waals surface area (Å²) >= 11 is 1.10. The maximum Gasteiger partial charge on any atom is 0.259 e. The van der Waals surface area contributed by atoms with Gasteiger partial charge < -0.3 is 15.1 Å². The molecule has 41 heavy (non-hydrogen) atoms. The quantitative estimate of drug-likeness (QED) is 0.320. The molecule has 0 radical (unpaired) electrons. The van der Waals surface area contributed by atoms with Crippen molar-refractivity contribution in [2.24, 2.45) is 15.1 Å². The number of nitrogens with two attached hydrogens (primary N) is 1. The first kappa shape index (κ1) is 28.3. The summed E-state index contributed by atoms with van der Waals surface area (Å²) in [6, 6.07) is 15.9. The largest absolute Gasteiger partial charge is 0.467 e. The third-order valence-corrected chi connectivity index (χ3v) is 8.15. The molecule has 3 aromatic rings. The molecule has 1 aromatic heterocycles. The zero-order chi connectivity index (χ0) is 29.0. The van der Waals surface area contributed by atoms with Gasteiger partial charge in [-0.05, 0) is 48.4 Å². The summed E-state index contributed by atoms with van der Waals surface area (Å²) in [6.45, 7) is 0.530. The highest BCUT2D eigenvalue weighted by atomic mass is 32.2. The number of carbonyl (C=O) groups is 3. The number of carbonyl (C=O) groups excluding carboxylic acids is 3. The van der Waals surface area contributed by atoms with Crippen LogP contribution in [0.25, 0.3) is 0 Å². The molecule has 0 spiro atoms. The van der Waals surface area contributed by atoms with E-state index < -0.39 is 22.0 Å². The third kappa shape index (κ3) is 6.73. The van der Waals surface area contributed by atoms with Crippen LogP contribution in [0.3, 0.4) is 0 Å².